The van der Waals surface area contributed by atoms with Crippen LogP contribution in [0.4, 0.5) is 0 Å². The summed E-state index contributed by atoms with van der Waals surface area (Å²) in [5, 5.41) is 6.61. The van der Waals surface area contributed by atoms with E-state index in [4.69, 9.17) is 10.3 Å². The van der Waals surface area contributed by atoms with E-state index in [9.17, 15) is 4.79 Å². The first-order chi connectivity index (χ1) is 8.13. The van der Waals surface area contributed by atoms with Gasteiger partial charge in [0.15, 0.2) is 5.76 Å². The van der Waals surface area contributed by atoms with Crippen LogP contribution in [0.2, 0.25) is 0 Å². The van der Waals surface area contributed by atoms with Crippen LogP contribution in [0.5, 0.6) is 0 Å². The Bertz CT molecular complexity index is 391. The van der Waals surface area contributed by atoms with E-state index >= 15 is 0 Å². The highest BCUT2D eigenvalue weighted by molar-refractivity contribution is 5.76. The predicted octanol–water partition coefficient (Wildman–Crippen LogP) is 1.12. The van der Waals surface area contributed by atoms with E-state index in [0.717, 1.165) is 18.5 Å². The van der Waals surface area contributed by atoms with Crippen LogP contribution in [0.1, 0.15) is 37.1 Å². The fourth-order valence-electron chi connectivity index (χ4n) is 2.22. The Balaban J connectivity index is 1.77. The molecule has 0 aromatic carbocycles. The average Bonchev–Trinajstić information content (AvgIpc) is 2.67. The molecule has 0 aliphatic heterocycles. The monoisotopic (exact) mass is 237 g/mol. The number of hydrogen-bond donors (Lipinski definition) is 2. The maximum absolute atomic E-state index is 11.8. The van der Waals surface area contributed by atoms with Gasteiger partial charge in [-0.05, 0) is 31.7 Å². The lowest BCUT2D eigenvalue weighted by atomic mass is 9.66. The largest absolute Gasteiger partial charge is 0.359 e. The highest BCUT2D eigenvalue weighted by Gasteiger charge is 2.37. The molecule has 0 radical (unpaired) electrons. The lowest BCUT2D eigenvalue weighted by Crippen LogP contribution is -2.41. The molecule has 0 saturated heterocycles. The van der Waals surface area contributed by atoms with Crippen molar-refractivity contribution in [3.05, 3.63) is 17.5 Å². The quantitative estimate of drug-likeness (QED) is 0.804. The normalized spacial score (nSPS) is 17.5. The van der Waals surface area contributed by atoms with Crippen molar-refractivity contribution in [2.45, 2.75) is 39.2 Å². The van der Waals surface area contributed by atoms with Crippen molar-refractivity contribution in [1.82, 2.24) is 10.5 Å². The molecule has 5 heteroatoms. The summed E-state index contributed by atoms with van der Waals surface area (Å²) in [7, 11) is 0. The van der Waals surface area contributed by atoms with Gasteiger partial charge in [0.25, 0.3) is 0 Å². The van der Waals surface area contributed by atoms with Gasteiger partial charge in [0.05, 0.1) is 12.2 Å². The number of aryl methyl sites for hydroxylation is 1. The van der Waals surface area contributed by atoms with E-state index in [1.165, 1.54) is 6.42 Å². The highest BCUT2D eigenvalue weighted by atomic mass is 16.5. The molecule has 1 fully saturated rings. The molecule has 2 rings (SSSR count). The van der Waals surface area contributed by atoms with Crippen molar-refractivity contribution in [2.24, 2.45) is 11.1 Å². The third-order valence-corrected chi connectivity index (χ3v) is 3.52. The predicted molar refractivity (Wildman–Crippen MR) is 63.0 cm³/mol. The Kier molecular flexibility index (Phi) is 3.47. The lowest BCUT2D eigenvalue weighted by Gasteiger charge is -2.40. The number of nitrogens with two attached hydrogens (primary N) is 1. The summed E-state index contributed by atoms with van der Waals surface area (Å²) in [4.78, 5) is 11.8. The second-order valence-electron chi connectivity index (χ2n) is 4.95. The number of aromatic nitrogens is 1. The molecule has 1 amide bonds. The van der Waals surface area contributed by atoms with Crippen LogP contribution in [0, 0.1) is 12.3 Å². The zero-order chi connectivity index (χ0) is 12.3. The smallest absolute Gasteiger partial charge is 0.220 e. The fourth-order valence-corrected chi connectivity index (χ4v) is 2.22. The maximum atomic E-state index is 11.8. The number of amides is 1. The minimum absolute atomic E-state index is 0.0456. The lowest BCUT2D eigenvalue weighted by molar-refractivity contribution is -0.125. The van der Waals surface area contributed by atoms with Crippen LogP contribution < -0.4 is 11.1 Å². The molecule has 1 aliphatic carbocycles. The van der Waals surface area contributed by atoms with Crippen molar-refractivity contribution >= 4 is 5.91 Å². The van der Waals surface area contributed by atoms with Crippen molar-refractivity contribution in [2.75, 3.05) is 6.54 Å². The Hall–Kier alpha value is -1.36. The Morgan fingerprint density at radius 2 is 2.41 bits per heavy atom. The molecular formula is C12H19N3O2. The molecule has 0 atom stereocenters. The van der Waals surface area contributed by atoms with Gasteiger partial charge in [-0.3, -0.25) is 4.79 Å². The van der Waals surface area contributed by atoms with E-state index in [2.05, 4.69) is 10.5 Å². The number of rotatable bonds is 5. The zero-order valence-electron chi connectivity index (χ0n) is 10.2. The van der Waals surface area contributed by atoms with Gasteiger partial charge < -0.3 is 15.6 Å². The van der Waals surface area contributed by atoms with Gasteiger partial charge in [-0.15, -0.1) is 0 Å². The Morgan fingerprint density at radius 1 is 1.65 bits per heavy atom. The summed E-state index contributed by atoms with van der Waals surface area (Å²) in [6.07, 6.45) is 3.85. The van der Waals surface area contributed by atoms with E-state index in [0.29, 0.717) is 25.3 Å². The van der Waals surface area contributed by atoms with Gasteiger partial charge in [0.2, 0.25) is 5.91 Å². The molecule has 1 saturated carbocycles. The Morgan fingerprint density at radius 3 is 2.88 bits per heavy atom. The molecule has 0 bridgehead atoms. The molecule has 1 heterocycles. The molecule has 1 aliphatic rings. The van der Waals surface area contributed by atoms with Gasteiger partial charge in [0.1, 0.15) is 0 Å². The van der Waals surface area contributed by atoms with Gasteiger partial charge in [-0.25, -0.2) is 0 Å². The molecule has 0 unspecified atom stereocenters. The number of nitrogens with zero attached hydrogens (tertiary/aromatic N) is 1. The minimum Gasteiger partial charge on any atom is -0.359 e. The van der Waals surface area contributed by atoms with Crippen LogP contribution in [-0.2, 0) is 11.3 Å². The summed E-state index contributed by atoms with van der Waals surface area (Å²) in [6, 6.07) is 1.82. The van der Waals surface area contributed by atoms with Crippen molar-refractivity contribution in [3.63, 3.8) is 0 Å². The van der Waals surface area contributed by atoms with E-state index in [-0.39, 0.29) is 11.3 Å². The standard InChI is InChI=1S/C12H19N3O2/c1-9-5-10(17-15-9)7-14-11(16)6-12(8-13)3-2-4-12/h5H,2-4,6-8,13H2,1H3,(H,14,16). The van der Waals surface area contributed by atoms with E-state index < -0.39 is 0 Å². The van der Waals surface area contributed by atoms with Gasteiger partial charge in [0, 0.05) is 12.5 Å². The average molecular weight is 237 g/mol. The molecule has 5 nitrogen and oxygen atoms in total. The summed E-state index contributed by atoms with van der Waals surface area (Å²) < 4.78 is 5.02. The van der Waals surface area contributed by atoms with Crippen LogP contribution in [0.25, 0.3) is 0 Å². The van der Waals surface area contributed by atoms with Crippen LogP contribution >= 0.6 is 0 Å². The molecule has 3 N–H and O–H groups in total. The molecule has 0 spiro atoms. The topological polar surface area (TPSA) is 81.2 Å². The number of carbonyl (C=O) groups excluding carboxylic acids is 1. The highest BCUT2D eigenvalue weighted by Crippen LogP contribution is 2.42. The van der Waals surface area contributed by atoms with Crippen LogP contribution in [0.15, 0.2) is 10.6 Å². The Labute approximate surface area is 101 Å². The van der Waals surface area contributed by atoms with Gasteiger partial charge in [-0.2, -0.15) is 0 Å². The van der Waals surface area contributed by atoms with Crippen molar-refractivity contribution < 1.29 is 9.32 Å². The van der Waals surface area contributed by atoms with E-state index in [1.54, 1.807) is 0 Å². The summed E-state index contributed by atoms with van der Waals surface area (Å²) >= 11 is 0. The van der Waals surface area contributed by atoms with Crippen LogP contribution in [-0.4, -0.2) is 17.6 Å². The van der Waals surface area contributed by atoms with E-state index in [1.807, 2.05) is 13.0 Å². The molecule has 17 heavy (non-hydrogen) atoms. The second kappa shape index (κ2) is 4.87. The third kappa shape index (κ3) is 2.85. The number of carbonyl (C=O) groups is 1. The summed E-state index contributed by atoms with van der Waals surface area (Å²) in [6.45, 7) is 2.86. The first-order valence-electron chi connectivity index (χ1n) is 6.02. The first-order valence-corrected chi connectivity index (χ1v) is 6.02. The number of nitrogens with one attached hydrogen (secondary N) is 1. The molecular weight excluding hydrogens is 218 g/mol. The van der Waals surface area contributed by atoms with Crippen molar-refractivity contribution in [1.29, 1.82) is 0 Å². The fraction of sp³-hybridized carbons (Fsp3) is 0.667. The van der Waals surface area contributed by atoms with Crippen LogP contribution in [0.3, 0.4) is 0 Å². The summed E-state index contributed by atoms with van der Waals surface area (Å²) in [5.74, 6) is 0.732. The SMILES string of the molecule is Cc1cc(CNC(=O)CC2(CN)CCC2)on1. The van der Waals surface area contributed by atoms with Gasteiger partial charge >= 0.3 is 0 Å². The summed E-state index contributed by atoms with van der Waals surface area (Å²) in [5.41, 5.74) is 6.60. The zero-order valence-corrected chi connectivity index (χ0v) is 10.2. The molecule has 1 aromatic rings. The second-order valence-corrected chi connectivity index (χ2v) is 4.95. The first kappa shape index (κ1) is 12.1. The van der Waals surface area contributed by atoms with Gasteiger partial charge in [-0.1, -0.05) is 11.6 Å². The minimum atomic E-state index is 0.0456. The van der Waals surface area contributed by atoms with Crippen molar-refractivity contribution in [3.8, 4) is 0 Å². The molecule has 94 valence electrons. The third-order valence-electron chi connectivity index (χ3n) is 3.52. The number of hydrogen-bond acceptors (Lipinski definition) is 4. The molecule has 1 aromatic heterocycles. The maximum Gasteiger partial charge on any atom is 0.220 e.